The van der Waals surface area contributed by atoms with Crippen molar-refractivity contribution < 1.29 is 9.53 Å². The molecule has 2 aliphatic rings. The number of pyridine rings is 1. The molecule has 21 heavy (non-hydrogen) atoms. The molecule has 3 heterocycles. The number of nitrogens with zero attached hydrogens (tertiary/aromatic N) is 2. The summed E-state index contributed by atoms with van der Waals surface area (Å²) >= 11 is 0. The first-order valence-electron chi connectivity index (χ1n) is 7.63. The highest BCUT2D eigenvalue weighted by Crippen LogP contribution is 2.17. The van der Waals surface area contributed by atoms with Crippen molar-refractivity contribution in [3.8, 4) is 0 Å². The summed E-state index contributed by atoms with van der Waals surface area (Å²) in [5, 5.41) is 6.05. The number of hydrogen-bond donors (Lipinski definition) is 2. The molecule has 2 aliphatic heterocycles. The maximum atomic E-state index is 11.9. The van der Waals surface area contributed by atoms with Gasteiger partial charge in [0.2, 0.25) is 0 Å². The maximum Gasteiger partial charge on any atom is 0.250 e. The molecule has 1 atom stereocenters. The fourth-order valence-electron chi connectivity index (χ4n) is 2.69. The maximum absolute atomic E-state index is 11.9. The SMILES string of the molecule is O=C(NCc1ccc(N2CCCC2)nc1)C1CNCCO1. The first-order chi connectivity index (χ1) is 10.3. The molecule has 0 aliphatic carbocycles. The second-order valence-corrected chi connectivity index (χ2v) is 5.50. The molecule has 0 spiro atoms. The van der Waals surface area contributed by atoms with Crippen LogP contribution in [-0.2, 0) is 16.1 Å². The van der Waals surface area contributed by atoms with Crippen LogP contribution in [0.5, 0.6) is 0 Å². The Kier molecular flexibility index (Phi) is 4.67. The van der Waals surface area contributed by atoms with Gasteiger partial charge in [0.15, 0.2) is 0 Å². The number of carbonyl (C=O) groups is 1. The molecule has 6 heteroatoms. The lowest BCUT2D eigenvalue weighted by Crippen LogP contribution is -2.47. The highest BCUT2D eigenvalue weighted by Gasteiger charge is 2.21. The van der Waals surface area contributed by atoms with Crippen LogP contribution in [0.4, 0.5) is 5.82 Å². The van der Waals surface area contributed by atoms with E-state index in [-0.39, 0.29) is 12.0 Å². The minimum absolute atomic E-state index is 0.0641. The molecular formula is C15H22N4O2. The number of hydrogen-bond acceptors (Lipinski definition) is 5. The third-order valence-corrected chi connectivity index (χ3v) is 3.93. The Morgan fingerprint density at radius 2 is 2.29 bits per heavy atom. The van der Waals surface area contributed by atoms with E-state index in [1.165, 1.54) is 12.8 Å². The van der Waals surface area contributed by atoms with Crippen LogP contribution in [0.1, 0.15) is 18.4 Å². The zero-order valence-electron chi connectivity index (χ0n) is 12.2. The van der Waals surface area contributed by atoms with Gasteiger partial charge in [0.25, 0.3) is 5.91 Å². The van der Waals surface area contributed by atoms with E-state index in [9.17, 15) is 4.79 Å². The van der Waals surface area contributed by atoms with Gasteiger partial charge in [0.05, 0.1) is 6.61 Å². The molecule has 114 valence electrons. The summed E-state index contributed by atoms with van der Waals surface area (Å²) in [6.45, 7) is 4.66. The van der Waals surface area contributed by atoms with Crippen LogP contribution in [-0.4, -0.2) is 49.8 Å². The van der Waals surface area contributed by atoms with Gasteiger partial charge < -0.3 is 20.3 Å². The molecule has 3 rings (SSSR count). The van der Waals surface area contributed by atoms with Crippen LogP contribution in [0.15, 0.2) is 18.3 Å². The number of aromatic nitrogens is 1. The molecule has 0 saturated carbocycles. The molecule has 0 radical (unpaired) electrons. The van der Waals surface area contributed by atoms with Crippen LogP contribution >= 0.6 is 0 Å². The second-order valence-electron chi connectivity index (χ2n) is 5.50. The number of rotatable bonds is 4. The van der Waals surface area contributed by atoms with Crippen molar-refractivity contribution >= 4 is 11.7 Å². The Morgan fingerprint density at radius 1 is 1.43 bits per heavy atom. The van der Waals surface area contributed by atoms with Gasteiger partial charge in [-0.05, 0) is 24.5 Å². The summed E-state index contributed by atoms with van der Waals surface area (Å²) in [7, 11) is 0. The van der Waals surface area contributed by atoms with Crippen molar-refractivity contribution in [2.45, 2.75) is 25.5 Å². The summed E-state index contributed by atoms with van der Waals surface area (Å²) in [5.41, 5.74) is 1.01. The molecule has 2 saturated heterocycles. The predicted molar refractivity (Wildman–Crippen MR) is 80.1 cm³/mol. The van der Waals surface area contributed by atoms with Crippen LogP contribution in [0.2, 0.25) is 0 Å². The lowest BCUT2D eigenvalue weighted by molar-refractivity contribution is -0.134. The van der Waals surface area contributed by atoms with Gasteiger partial charge >= 0.3 is 0 Å². The lowest BCUT2D eigenvalue weighted by Gasteiger charge is -2.22. The van der Waals surface area contributed by atoms with Gasteiger partial charge in [0, 0.05) is 38.9 Å². The summed E-state index contributed by atoms with van der Waals surface area (Å²) in [6.07, 6.45) is 3.95. The van der Waals surface area contributed by atoms with Crippen molar-refractivity contribution in [3.63, 3.8) is 0 Å². The summed E-state index contributed by atoms with van der Waals surface area (Å²) < 4.78 is 5.42. The van der Waals surface area contributed by atoms with E-state index >= 15 is 0 Å². The monoisotopic (exact) mass is 290 g/mol. The first kappa shape index (κ1) is 14.3. The number of amides is 1. The third-order valence-electron chi connectivity index (χ3n) is 3.93. The van der Waals surface area contributed by atoms with Crippen LogP contribution < -0.4 is 15.5 Å². The molecule has 2 fully saturated rings. The standard InChI is InChI=1S/C15H22N4O2/c20-15(13-11-16-5-8-21-13)18-10-12-3-4-14(17-9-12)19-6-1-2-7-19/h3-4,9,13,16H,1-2,5-8,10-11H2,(H,18,20). The zero-order chi connectivity index (χ0) is 14.5. The minimum atomic E-state index is -0.379. The molecule has 0 aromatic carbocycles. The molecule has 1 aromatic heterocycles. The molecule has 1 amide bonds. The second kappa shape index (κ2) is 6.87. The number of nitrogens with one attached hydrogen (secondary N) is 2. The number of carbonyl (C=O) groups excluding carboxylic acids is 1. The molecule has 2 N–H and O–H groups in total. The van der Waals surface area contributed by atoms with E-state index in [1.807, 2.05) is 18.3 Å². The summed E-state index contributed by atoms with van der Waals surface area (Å²) in [5.74, 6) is 0.966. The Morgan fingerprint density at radius 3 is 2.95 bits per heavy atom. The normalized spacial score (nSPS) is 22.3. The van der Waals surface area contributed by atoms with Gasteiger partial charge in [-0.1, -0.05) is 6.07 Å². The van der Waals surface area contributed by atoms with Crippen LogP contribution in [0.25, 0.3) is 0 Å². The largest absolute Gasteiger partial charge is 0.366 e. The van der Waals surface area contributed by atoms with E-state index in [1.54, 1.807) is 0 Å². The number of morpholine rings is 1. The van der Waals surface area contributed by atoms with Crippen molar-refractivity contribution in [1.29, 1.82) is 0 Å². The van der Waals surface area contributed by atoms with Crippen LogP contribution in [0, 0.1) is 0 Å². The van der Waals surface area contributed by atoms with E-state index in [4.69, 9.17) is 4.74 Å². The Hall–Kier alpha value is -1.66. The minimum Gasteiger partial charge on any atom is -0.366 e. The van der Waals surface area contributed by atoms with Gasteiger partial charge in [0.1, 0.15) is 11.9 Å². The fourth-order valence-corrected chi connectivity index (χ4v) is 2.69. The average Bonchev–Trinajstić information content (AvgIpc) is 3.08. The Labute approximate surface area is 124 Å². The lowest BCUT2D eigenvalue weighted by atomic mass is 10.2. The van der Waals surface area contributed by atoms with Crippen molar-refractivity contribution in [1.82, 2.24) is 15.6 Å². The van der Waals surface area contributed by atoms with E-state index < -0.39 is 0 Å². The number of anilines is 1. The van der Waals surface area contributed by atoms with Gasteiger partial charge in [-0.25, -0.2) is 4.98 Å². The van der Waals surface area contributed by atoms with Gasteiger partial charge in [-0.2, -0.15) is 0 Å². The van der Waals surface area contributed by atoms with E-state index in [0.29, 0.717) is 19.7 Å². The zero-order valence-corrected chi connectivity index (χ0v) is 12.2. The molecule has 6 nitrogen and oxygen atoms in total. The van der Waals surface area contributed by atoms with Crippen molar-refractivity contribution in [2.75, 3.05) is 37.7 Å². The third kappa shape index (κ3) is 3.71. The fraction of sp³-hybridized carbons (Fsp3) is 0.600. The summed E-state index contributed by atoms with van der Waals surface area (Å²) in [6, 6.07) is 4.06. The predicted octanol–water partition coefficient (Wildman–Crippen LogP) is 0.286. The quantitative estimate of drug-likeness (QED) is 0.834. The Balaban J connectivity index is 1.49. The summed E-state index contributed by atoms with van der Waals surface area (Å²) in [4.78, 5) is 18.7. The first-order valence-corrected chi connectivity index (χ1v) is 7.63. The average molecular weight is 290 g/mol. The molecule has 0 bridgehead atoms. The van der Waals surface area contributed by atoms with Crippen LogP contribution in [0.3, 0.4) is 0 Å². The highest BCUT2D eigenvalue weighted by molar-refractivity contribution is 5.81. The van der Waals surface area contributed by atoms with Gasteiger partial charge in [-0.15, -0.1) is 0 Å². The molecular weight excluding hydrogens is 268 g/mol. The van der Waals surface area contributed by atoms with Crippen molar-refractivity contribution in [3.05, 3.63) is 23.9 Å². The topological polar surface area (TPSA) is 66.5 Å². The Bertz CT molecular complexity index is 465. The van der Waals surface area contributed by atoms with Gasteiger partial charge in [-0.3, -0.25) is 4.79 Å². The van der Waals surface area contributed by atoms with Crippen molar-refractivity contribution in [2.24, 2.45) is 0 Å². The molecule has 1 unspecified atom stereocenters. The number of ether oxygens (including phenoxy) is 1. The molecule has 1 aromatic rings. The van der Waals surface area contributed by atoms with E-state index in [2.05, 4.69) is 20.5 Å². The highest BCUT2D eigenvalue weighted by atomic mass is 16.5. The smallest absolute Gasteiger partial charge is 0.250 e. The van der Waals surface area contributed by atoms with E-state index in [0.717, 1.165) is 31.0 Å².